The third kappa shape index (κ3) is 3.84. The van der Waals surface area contributed by atoms with Crippen LogP contribution in [0.4, 0.5) is 0 Å². The maximum Gasteiger partial charge on any atom is 0.278 e. The van der Waals surface area contributed by atoms with Gasteiger partial charge in [0.15, 0.2) is 0 Å². The maximum absolute atomic E-state index is 13.2. The Morgan fingerprint density at radius 1 is 1.23 bits per heavy atom. The number of rotatable bonds is 5. The Balaban J connectivity index is 1.58. The molecule has 30 heavy (non-hydrogen) atoms. The summed E-state index contributed by atoms with van der Waals surface area (Å²) in [5.41, 5.74) is 3.01. The highest BCUT2D eigenvalue weighted by molar-refractivity contribution is 5.81. The molecule has 1 aliphatic heterocycles. The van der Waals surface area contributed by atoms with Gasteiger partial charge in [0.05, 0.1) is 18.7 Å². The van der Waals surface area contributed by atoms with Crippen LogP contribution in [-0.2, 0) is 24.3 Å². The molecule has 158 valence electrons. The van der Waals surface area contributed by atoms with E-state index in [1.54, 1.807) is 16.2 Å². The van der Waals surface area contributed by atoms with Crippen LogP contribution < -0.4 is 15.6 Å². The average molecular weight is 409 g/mol. The molecule has 0 spiro atoms. The molecular formula is C23H28N4O3. The third-order valence-electron chi connectivity index (χ3n) is 5.87. The first-order chi connectivity index (χ1) is 14.5. The van der Waals surface area contributed by atoms with Gasteiger partial charge < -0.3 is 14.6 Å². The molecular weight excluding hydrogens is 380 g/mol. The molecule has 0 saturated heterocycles. The fraction of sp³-hybridized carbons (Fsp3) is 0.435. The van der Waals surface area contributed by atoms with E-state index in [2.05, 4.69) is 5.32 Å². The fourth-order valence-corrected chi connectivity index (χ4v) is 4.18. The predicted octanol–water partition coefficient (Wildman–Crippen LogP) is 3.12. The van der Waals surface area contributed by atoms with Gasteiger partial charge in [-0.1, -0.05) is 18.6 Å². The van der Waals surface area contributed by atoms with Crippen molar-refractivity contribution >= 4 is 16.9 Å². The molecule has 1 N–H and O–H groups in total. The van der Waals surface area contributed by atoms with Crippen molar-refractivity contribution in [2.75, 3.05) is 7.11 Å². The minimum absolute atomic E-state index is 0.0407. The molecule has 0 bridgehead atoms. The number of methoxy groups -OCH3 is 1. The van der Waals surface area contributed by atoms with Gasteiger partial charge in [-0.25, -0.2) is 4.98 Å². The van der Waals surface area contributed by atoms with Crippen molar-refractivity contribution in [1.82, 2.24) is 19.4 Å². The van der Waals surface area contributed by atoms with Crippen LogP contribution >= 0.6 is 0 Å². The van der Waals surface area contributed by atoms with Crippen molar-refractivity contribution in [3.8, 4) is 5.75 Å². The fourth-order valence-electron chi connectivity index (χ4n) is 4.18. The molecule has 0 aliphatic carbocycles. The minimum Gasteiger partial charge on any atom is -0.497 e. The largest absolute Gasteiger partial charge is 0.497 e. The zero-order valence-corrected chi connectivity index (χ0v) is 17.8. The molecule has 2 aromatic heterocycles. The normalized spacial score (nSPS) is 14.8. The van der Waals surface area contributed by atoms with E-state index in [0.717, 1.165) is 48.5 Å². The Morgan fingerprint density at radius 2 is 2.00 bits per heavy atom. The smallest absolute Gasteiger partial charge is 0.278 e. The number of benzene rings is 1. The second-order valence-corrected chi connectivity index (χ2v) is 7.96. The molecule has 0 unspecified atom stereocenters. The van der Waals surface area contributed by atoms with Crippen LogP contribution in [0.3, 0.4) is 0 Å². The van der Waals surface area contributed by atoms with Gasteiger partial charge in [0.2, 0.25) is 5.91 Å². The van der Waals surface area contributed by atoms with Crippen LogP contribution in [0, 0.1) is 6.92 Å². The maximum atomic E-state index is 13.2. The molecule has 3 heterocycles. The SMILES string of the molecule is COc1ccc([C@@H](C)NC(=O)Cn2c(C)cc3nc4n(c(=O)c32)CCCCC4)cc1. The van der Waals surface area contributed by atoms with E-state index in [9.17, 15) is 9.59 Å². The van der Waals surface area contributed by atoms with Crippen molar-refractivity contribution < 1.29 is 9.53 Å². The molecule has 0 saturated carbocycles. The number of aromatic nitrogens is 3. The number of ether oxygens (including phenoxy) is 1. The number of fused-ring (bicyclic) bond motifs is 2. The highest BCUT2D eigenvalue weighted by Crippen LogP contribution is 2.20. The average Bonchev–Trinajstić information content (AvgIpc) is 2.90. The first kappa shape index (κ1) is 20.2. The molecule has 7 nitrogen and oxygen atoms in total. The van der Waals surface area contributed by atoms with E-state index < -0.39 is 0 Å². The summed E-state index contributed by atoms with van der Waals surface area (Å²) in [6.07, 6.45) is 3.98. The van der Waals surface area contributed by atoms with E-state index in [1.165, 1.54) is 0 Å². The molecule has 7 heteroatoms. The summed E-state index contributed by atoms with van der Waals surface area (Å²) in [7, 11) is 1.63. The van der Waals surface area contributed by atoms with Gasteiger partial charge in [0.1, 0.15) is 23.6 Å². The number of amides is 1. The summed E-state index contributed by atoms with van der Waals surface area (Å²) < 4.78 is 8.77. The van der Waals surface area contributed by atoms with E-state index in [-0.39, 0.29) is 24.1 Å². The van der Waals surface area contributed by atoms with Crippen LogP contribution in [0.25, 0.3) is 11.0 Å². The number of nitrogens with zero attached hydrogens (tertiary/aromatic N) is 3. The molecule has 4 rings (SSSR count). The standard InChI is InChI=1S/C23H28N4O3/c1-15-13-19-22(23(29)26-12-6-4-5-7-20(26)25-19)27(15)14-21(28)24-16(2)17-8-10-18(30-3)11-9-17/h8-11,13,16H,4-7,12,14H2,1-3H3,(H,24,28)/t16-/m1/s1. The number of hydrogen-bond acceptors (Lipinski definition) is 4. The Labute approximate surface area is 175 Å². The molecule has 0 radical (unpaired) electrons. The van der Waals surface area contributed by atoms with Crippen molar-refractivity contribution in [2.45, 2.75) is 58.7 Å². The number of nitrogens with one attached hydrogen (secondary N) is 1. The van der Waals surface area contributed by atoms with Gasteiger partial charge in [-0.2, -0.15) is 0 Å². The van der Waals surface area contributed by atoms with E-state index in [4.69, 9.17) is 9.72 Å². The molecule has 1 amide bonds. The van der Waals surface area contributed by atoms with Crippen LogP contribution in [0.2, 0.25) is 0 Å². The van der Waals surface area contributed by atoms with Gasteiger partial charge >= 0.3 is 0 Å². The van der Waals surface area contributed by atoms with Crippen molar-refractivity contribution in [3.63, 3.8) is 0 Å². The molecule has 3 aromatic rings. The lowest BCUT2D eigenvalue weighted by Gasteiger charge is -2.16. The van der Waals surface area contributed by atoms with Crippen molar-refractivity contribution in [3.05, 3.63) is 57.8 Å². The highest BCUT2D eigenvalue weighted by Gasteiger charge is 2.20. The Bertz CT molecular complexity index is 1130. The van der Waals surface area contributed by atoms with Gasteiger partial charge in [0, 0.05) is 18.7 Å². The highest BCUT2D eigenvalue weighted by atomic mass is 16.5. The Hall–Kier alpha value is -3.09. The van der Waals surface area contributed by atoms with Crippen molar-refractivity contribution in [2.24, 2.45) is 0 Å². The van der Waals surface area contributed by atoms with Gasteiger partial charge in [-0.15, -0.1) is 0 Å². The first-order valence-electron chi connectivity index (χ1n) is 10.5. The monoisotopic (exact) mass is 408 g/mol. The molecule has 0 fully saturated rings. The minimum atomic E-state index is -0.152. The lowest BCUT2D eigenvalue weighted by Crippen LogP contribution is -2.32. The second kappa shape index (κ2) is 8.34. The lowest BCUT2D eigenvalue weighted by molar-refractivity contribution is -0.122. The number of carbonyl (C=O) groups excluding carboxylic acids is 1. The van der Waals surface area contributed by atoms with Crippen LogP contribution in [0.15, 0.2) is 35.1 Å². The summed E-state index contributed by atoms with van der Waals surface area (Å²) in [6.45, 7) is 4.64. The summed E-state index contributed by atoms with van der Waals surface area (Å²) in [5, 5.41) is 3.03. The molecule has 1 aromatic carbocycles. The third-order valence-corrected chi connectivity index (χ3v) is 5.87. The van der Waals surface area contributed by atoms with Gasteiger partial charge in [0.25, 0.3) is 5.56 Å². The lowest BCUT2D eigenvalue weighted by atomic mass is 10.1. The van der Waals surface area contributed by atoms with E-state index in [1.807, 2.05) is 44.2 Å². The van der Waals surface area contributed by atoms with E-state index in [0.29, 0.717) is 17.6 Å². The number of hydrogen-bond donors (Lipinski definition) is 1. The summed E-state index contributed by atoms with van der Waals surface area (Å²) in [5.74, 6) is 1.50. The summed E-state index contributed by atoms with van der Waals surface area (Å²) in [4.78, 5) is 30.7. The van der Waals surface area contributed by atoms with E-state index >= 15 is 0 Å². The molecule has 1 atom stereocenters. The summed E-state index contributed by atoms with van der Waals surface area (Å²) in [6, 6.07) is 9.38. The Kier molecular flexibility index (Phi) is 5.61. The predicted molar refractivity (Wildman–Crippen MR) is 116 cm³/mol. The van der Waals surface area contributed by atoms with Gasteiger partial charge in [-0.05, 0) is 50.5 Å². The van der Waals surface area contributed by atoms with Gasteiger partial charge in [-0.3, -0.25) is 14.2 Å². The van der Waals surface area contributed by atoms with Crippen molar-refractivity contribution in [1.29, 1.82) is 0 Å². The first-order valence-corrected chi connectivity index (χ1v) is 10.5. The summed E-state index contributed by atoms with van der Waals surface area (Å²) >= 11 is 0. The molecule has 1 aliphatic rings. The van der Waals surface area contributed by atoms with Crippen LogP contribution in [0.1, 0.15) is 49.3 Å². The zero-order valence-electron chi connectivity index (χ0n) is 17.8. The quantitative estimate of drug-likeness (QED) is 0.704. The topological polar surface area (TPSA) is 78.2 Å². The zero-order chi connectivity index (χ0) is 21.3. The van der Waals surface area contributed by atoms with Crippen LogP contribution in [0.5, 0.6) is 5.75 Å². The second-order valence-electron chi connectivity index (χ2n) is 7.96. The Morgan fingerprint density at radius 3 is 2.73 bits per heavy atom. The number of aryl methyl sites for hydroxylation is 2. The van der Waals surface area contributed by atoms with Crippen LogP contribution in [-0.4, -0.2) is 27.1 Å². The number of carbonyl (C=O) groups is 1.